The Hall–Kier alpha value is -4.06. The topological polar surface area (TPSA) is 71.8 Å². The first-order valence-electron chi connectivity index (χ1n) is 12.4. The summed E-state index contributed by atoms with van der Waals surface area (Å²) in [6.07, 6.45) is 5.68. The van der Waals surface area contributed by atoms with E-state index in [1.54, 1.807) is 19.4 Å². The van der Waals surface area contributed by atoms with Crippen molar-refractivity contribution in [2.24, 2.45) is 0 Å². The Labute approximate surface area is 210 Å². The average molecular weight is 483 g/mol. The number of rotatable bonds is 8. The Bertz CT molecular complexity index is 1470. The highest BCUT2D eigenvalue weighted by molar-refractivity contribution is 6.01. The summed E-state index contributed by atoms with van der Waals surface area (Å²) in [5, 5.41) is 6.25. The molecule has 36 heavy (non-hydrogen) atoms. The minimum absolute atomic E-state index is 0.163. The molecule has 1 N–H and O–H groups in total. The van der Waals surface area contributed by atoms with Gasteiger partial charge in [-0.15, -0.1) is 0 Å². The van der Waals surface area contributed by atoms with Crippen molar-refractivity contribution < 1.29 is 18.7 Å². The molecule has 1 aromatic heterocycles. The first kappa shape index (κ1) is 23.7. The molecule has 0 spiro atoms. The highest BCUT2D eigenvalue weighted by Crippen LogP contribution is 2.38. The standard InChI is InChI=1S/C30H30N2O4/c1-20(15-29(33)31-12-6-14-32-13-5-9-30(32)34)24-17-25-26(19-36-28(25)18-27(24)35-2)23-11-10-21-7-3-4-8-22(21)16-23/h3-4,7-8,10-11,15-19H,5-6,9,12-14H2,1-2H3,(H,31,33)/b20-15+. The van der Waals surface area contributed by atoms with Crippen LogP contribution in [0.2, 0.25) is 0 Å². The van der Waals surface area contributed by atoms with Gasteiger partial charge in [0.05, 0.1) is 13.4 Å². The van der Waals surface area contributed by atoms with Crippen LogP contribution in [0.3, 0.4) is 0 Å². The highest BCUT2D eigenvalue weighted by atomic mass is 16.5. The summed E-state index contributed by atoms with van der Waals surface area (Å²) in [6, 6.07) is 18.5. The van der Waals surface area contributed by atoms with Crippen LogP contribution in [0.25, 0.3) is 38.4 Å². The first-order valence-corrected chi connectivity index (χ1v) is 12.4. The van der Waals surface area contributed by atoms with Crippen LogP contribution in [-0.4, -0.2) is 43.5 Å². The van der Waals surface area contributed by atoms with Gasteiger partial charge in [-0.1, -0.05) is 36.4 Å². The van der Waals surface area contributed by atoms with Crippen LogP contribution in [0.1, 0.15) is 31.7 Å². The van der Waals surface area contributed by atoms with Gasteiger partial charge in [0.25, 0.3) is 0 Å². The number of fused-ring (bicyclic) bond motifs is 2. The van der Waals surface area contributed by atoms with Crippen LogP contribution >= 0.6 is 0 Å². The fourth-order valence-electron chi connectivity index (χ4n) is 4.86. The van der Waals surface area contributed by atoms with Gasteiger partial charge in [0, 0.05) is 54.7 Å². The number of hydrogen-bond acceptors (Lipinski definition) is 4. The van der Waals surface area contributed by atoms with E-state index in [0.717, 1.165) is 52.6 Å². The number of benzene rings is 3. The summed E-state index contributed by atoms with van der Waals surface area (Å²) in [6.45, 7) is 3.94. The van der Waals surface area contributed by atoms with Crippen molar-refractivity contribution in [1.29, 1.82) is 0 Å². The van der Waals surface area contributed by atoms with Crippen molar-refractivity contribution in [3.05, 3.63) is 72.5 Å². The number of allylic oxidation sites excluding steroid dienone is 1. The Morgan fingerprint density at radius 2 is 1.97 bits per heavy atom. The lowest BCUT2D eigenvalue weighted by atomic mass is 9.97. The van der Waals surface area contributed by atoms with Gasteiger partial charge >= 0.3 is 0 Å². The monoisotopic (exact) mass is 482 g/mol. The summed E-state index contributed by atoms with van der Waals surface area (Å²) in [7, 11) is 1.62. The fraction of sp³-hybridized carbons (Fsp3) is 0.267. The van der Waals surface area contributed by atoms with E-state index in [9.17, 15) is 9.59 Å². The summed E-state index contributed by atoms with van der Waals surface area (Å²) >= 11 is 0. The van der Waals surface area contributed by atoms with E-state index in [1.165, 1.54) is 10.8 Å². The van der Waals surface area contributed by atoms with Crippen molar-refractivity contribution in [2.45, 2.75) is 26.2 Å². The molecule has 6 heteroatoms. The van der Waals surface area contributed by atoms with Gasteiger partial charge in [0.2, 0.25) is 11.8 Å². The number of carbonyl (C=O) groups excluding carboxylic acids is 2. The third-order valence-corrected chi connectivity index (χ3v) is 6.80. The van der Waals surface area contributed by atoms with Crippen molar-refractivity contribution in [3.8, 4) is 16.9 Å². The zero-order valence-corrected chi connectivity index (χ0v) is 20.7. The van der Waals surface area contributed by atoms with E-state index >= 15 is 0 Å². The number of likely N-dealkylation sites (tertiary alicyclic amines) is 1. The summed E-state index contributed by atoms with van der Waals surface area (Å²) < 4.78 is 11.5. The third kappa shape index (κ3) is 4.85. The molecule has 0 saturated carbocycles. The maximum atomic E-state index is 12.6. The molecule has 1 saturated heterocycles. The smallest absolute Gasteiger partial charge is 0.244 e. The first-order chi connectivity index (χ1) is 17.5. The van der Waals surface area contributed by atoms with Crippen LogP contribution in [0.4, 0.5) is 0 Å². The van der Waals surface area contributed by atoms with Crippen LogP contribution in [-0.2, 0) is 9.59 Å². The molecule has 0 unspecified atom stereocenters. The van der Waals surface area contributed by atoms with Crippen molar-refractivity contribution >= 4 is 39.1 Å². The second kappa shape index (κ2) is 10.3. The summed E-state index contributed by atoms with van der Waals surface area (Å²) in [5.41, 5.74) is 4.43. The molecule has 2 heterocycles. The van der Waals surface area contributed by atoms with Gasteiger partial charge in [-0.25, -0.2) is 0 Å². The number of furan rings is 1. The number of amides is 2. The number of carbonyl (C=O) groups is 2. The normalized spacial score (nSPS) is 14.1. The Morgan fingerprint density at radius 1 is 1.14 bits per heavy atom. The molecule has 0 bridgehead atoms. The third-order valence-electron chi connectivity index (χ3n) is 6.80. The van der Waals surface area contributed by atoms with Gasteiger partial charge in [-0.05, 0) is 53.8 Å². The molecule has 1 aliphatic rings. The summed E-state index contributed by atoms with van der Waals surface area (Å²) in [4.78, 5) is 26.2. The molecular formula is C30H30N2O4. The lowest BCUT2D eigenvalue weighted by Gasteiger charge is -2.15. The molecule has 1 fully saturated rings. The second-order valence-corrected chi connectivity index (χ2v) is 9.22. The van der Waals surface area contributed by atoms with E-state index in [0.29, 0.717) is 25.3 Å². The SMILES string of the molecule is COc1cc2occ(-c3ccc4ccccc4c3)c2cc1/C(C)=C/C(=O)NCCCN1CCCC1=O. The predicted octanol–water partition coefficient (Wildman–Crippen LogP) is 5.79. The number of ether oxygens (including phenoxy) is 1. The zero-order chi connectivity index (χ0) is 25.1. The number of nitrogens with zero attached hydrogens (tertiary/aromatic N) is 1. The minimum atomic E-state index is -0.163. The average Bonchev–Trinajstić information content (AvgIpc) is 3.50. The molecular weight excluding hydrogens is 452 g/mol. The number of methoxy groups -OCH3 is 1. The van der Waals surface area contributed by atoms with Gasteiger partial charge in [0.15, 0.2) is 0 Å². The molecule has 3 aromatic carbocycles. The lowest BCUT2D eigenvalue weighted by Crippen LogP contribution is -2.30. The van der Waals surface area contributed by atoms with Crippen molar-refractivity contribution in [1.82, 2.24) is 10.2 Å². The maximum absolute atomic E-state index is 12.6. The summed E-state index contributed by atoms with van der Waals surface area (Å²) in [5.74, 6) is 0.696. The zero-order valence-electron chi connectivity index (χ0n) is 20.7. The Balaban J connectivity index is 1.36. The Kier molecular flexibility index (Phi) is 6.76. The fourth-order valence-corrected chi connectivity index (χ4v) is 4.86. The van der Waals surface area contributed by atoms with Crippen molar-refractivity contribution in [3.63, 3.8) is 0 Å². The molecule has 0 radical (unpaired) electrons. The quantitative estimate of drug-likeness (QED) is 0.255. The molecule has 1 aliphatic heterocycles. The van der Waals surface area contributed by atoms with E-state index in [2.05, 4.69) is 35.6 Å². The number of hydrogen-bond donors (Lipinski definition) is 1. The molecule has 184 valence electrons. The van der Waals surface area contributed by atoms with Gasteiger partial charge in [-0.2, -0.15) is 0 Å². The van der Waals surface area contributed by atoms with E-state index in [4.69, 9.17) is 9.15 Å². The van der Waals surface area contributed by atoms with Crippen LogP contribution < -0.4 is 10.1 Å². The van der Waals surface area contributed by atoms with Gasteiger partial charge in [0.1, 0.15) is 11.3 Å². The molecule has 2 amide bonds. The van der Waals surface area contributed by atoms with Crippen LogP contribution in [0.5, 0.6) is 5.75 Å². The van der Waals surface area contributed by atoms with Crippen LogP contribution in [0.15, 0.2) is 71.4 Å². The Morgan fingerprint density at radius 3 is 2.75 bits per heavy atom. The maximum Gasteiger partial charge on any atom is 0.244 e. The van der Waals surface area contributed by atoms with Gasteiger partial charge in [-0.3, -0.25) is 9.59 Å². The second-order valence-electron chi connectivity index (χ2n) is 9.22. The molecule has 5 rings (SSSR count). The van der Waals surface area contributed by atoms with Crippen molar-refractivity contribution in [2.75, 3.05) is 26.7 Å². The number of nitrogens with one attached hydrogen (secondary N) is 1. The molecule has 0 aliphatic carbocycles. The lowest BCUT2D eigenvalue weighted by molar-refractivity contribution is -0.127. The molecule has 6 nitrogen and oxygen atoms in total. The van der Waals surface area contributed by atoms with E-state index in [1.807, 2.05) is 36.1 Å². The van der Waals surface area contributed by atoms with E-state index < -0.39 is 0 Å². The predicted molar refractivity (Wildman–Crippen MR) is 143 cm³/mol. The largest absolute Gasteiger partial charge is 0.496 e. The van der Waals surface area contributed by atoms with E-state index in [-0.39, 0.29) is 11.8 Å². The molecule has 4 aromatic rings. The molecule has 0 atom stereocenters. The van der Waals surface area contributed by atoms with Gasteiger partial charge < -0.3 is 19.4 Å². The van der Waals surface area contributed by atoms with Crippen LogP contribution in [0, 0.1) is 0 Å². The highest BCUT2D eigenvalue weighted by Gasteiger charge is 2.19. The minimum Gasteiger partial charge on any atom is -0.496 e.